The van der Waals surface area contributed by atoms with E-state index in [1.165, 1.54) is 6.20 Å². The molecule has 0 fully saturated rings. The van der Waals surface area contributed by atoms with Crippen molar-refractivity contribution in [1.82, 2.24) is 15.8 Å². The summed E-state index contributed by atoms with van der Waals surface area (Å²) in [5.74, 6) is -0.404. The molecule has 2 amide bonds. The molecule has 108 valence electrons. The third-order valence-electron chi connectivity index (χ3n) is 2.40. The van der Waals surface area contributed by atoms with Crippen LogP contribution in [-0.2, 0) is 4.79 Å². The summed E-state index contributed by atoms with van der Waals surface area (Å²) in [5, 5.41) is 0. The van der Waals surface area contributed by atoms with E-state index in [-0.39, 0.29) is 12.3 Å². The molecule has 1 aromatic carbocycles. The predicted octanol–water partition coefficient (Wildman–Crippen LogP) is 1.68. The maximum atomic E-state index is 11.6. The number of benzene rings is 1. The average Bonchev–Trinajstić information content (AvgIpc) is 2.53. The summed E-state index contributed by atoms with van der Waals surface area (Å²) in [6.07, 6.45) is 1.49. The lowest BCUT2D eigenvalue weighted by molar-refractivity contribution is -0.123. The number of carbonyl (C=O) groups excluding carboxylic acids is 2. The number of halogens is 1. The van der Waals surface area contributed by atoms with Crippen molar-refractivity contribution < 1.29 is 14.3 Å². The molecule has 0 aliphatic heterocycles. The van der Waals surface area contributed by atoms with Gasteiger partial charge in [0.25, 0.3) is 11.8 Å². The second-order valence-electron chi connectivity index (χ2n) is 3.96. The first-order valence-corrected chi connectivity index (χ1v) is 6.83. The maximum Gasteiger partial charge on any atom is 0.288 e. The zero-order valence-corrected chi connectivity index (χ0v) is 12.5. The summed E-state index contributed by atoms with van der Waals surface area (Å²) in [4.78, 5) is 27.0. The Kier molecular flexibility index (Phi) is 5.28. The molecule has 1 heterocycles. The van der Waals surface area contributed by atoms with Crippen molar-refractivity contribution in [3.63, 3.8) is 0 Å². The van der Waals surface area contributed by atoms with Gasteiger partial charge in [0.15, 0.2) is 6.61 Å². The minimum atomic E-state index is -0.493. The number of carbonyl (C=O) groups is 2. The lowest BCUT2D eigenvalue weighted by Gasteiger charge is -2.08. The Hall–Kier alpha value is -2.41. The van der Waals surface area contributed by atoms with E-state index in [1.54, 1.807) is 42.5 Å². The molecule has 6 nitrogen and oxygen atoms in total. The molecule has 0 unspecified atom stereocenters. The molecule has 2 aromatic rings. The Morgan fingerprint density at radius 1 is 1.10 bits per heavy atom. The van der Waals surface area contributed by atoms with Crippen molar-refractivity contribution in [2.75, 3.05) is 6.61 Å². The fraction of sp³-hybridized carbons (Fsp3) is 0.0714. The van der Waals surface area contributed by atoms with Crippen molar-refractivity contribution in [3.8, 4) is 5.75 Å². The number of nitrogens with zero attached hydrogens (tertiary/aromatic N) is 1. The van der Waals surface area contributed by atoms with Gasteiger partial charge in [-0.25, -0.2) is 0 Å². The van der Waals surface area contributed by atoms with Crippen molar-refractivity contribution in [2.24, 2.45) is 0 Å². The van der Waals surface area contributed by atoms with E-state index >= 15 is 0 Å². The van der Waals surface area contributed by atoms with Gasteiger partial charge in [-0.2, -0.15) is 0 Å². The fourth-order valence-corrected chi connectivity index (χ4v) is 1.67. The number of nitrogens with one attached hydrogen (secondary N) is 2. The monoisotopic (exact) mass is 349 g/mol. The van der Waals surface area contributed by atoms with Crippen LogP contribution in [0.25, 0.3) is 0 Å². The van der Waals surface area contributed by atoms with E-state index in [2.05, 4.69) is 31.8 Å². The highest BCUT2D eigenvalue weighted by Gasteiger charge is 2.08. The molecule has 7 heteroatoms. The van der Waals surface area contributed by atoms with Crippen LogP contribution in [-0.4, -0.2) is 23.4 Å². The highest BCUT2D eigenvalue weighted by molar-refractivity contribution is 9.10. The molecule has 0 aliphatic carbocycles. The third-order valence-corrected chi connectivity index (χ3v) is 2.93. The molecule has 0 saturated carbocycles. The van der Waals surface area contributed by atoms with Gasteiger partial charge in [-0.1, -0.05) is 22.0 Å². The van der Waals surface area contributed by atoms with E-state index in [0.717, 1.165) is 4.47 Å². The van der Waals surface area contributed by atoms with Gasteiger partial charge in [-0.05, 0) is 36.4 Å². The lowest BCUT2D eigenvalue weighted by Crippen LogP contribution is -2.44. The smallest absolute Gasteiger partial charge is 0.288 e. The van der Waals surface area contributed by atoms with E-state index in [9.17, 15) is 9.59 Å². The van der Waals surface area contributed by atoms with Gasteiger partial charge in [-0.15, -0.1) is 0 Å². The van der Waals surface area contributed by atoms with Crippen molar-refractivity contribution in [3.05, 3.63) is 58.8 Å². The highest BCUT2D eigenvalue weighted by atomic mass is 79.9. The summed E-state index contributed by atoms with van der Waals surface area (Å²) >= 11 is 3.30. The van der Waals surface area contributed by atoms with Crippen LogP contribution in [0, 0.1) is 0 Å². The fourth-order valence-electron chi connectivity index (χ4n) is 1.40. The summed E-state index contributed by atoms with van der Waals surface area (Å²) in [5.41, 5.74) is 4.72. The van der Waals surface area contributed by atoms with Gasteiger partial charge in [0, 0.05) is 10.7 Å². The van der Waals surface area contributed by atoms with Gasteiger partial charge < -0.3 is 4.74 Å². The number of hydrogen-bond acceptors (Lipinski definition) is 4. The predicted molar refractivity (Wildman–Crippen MR) is 79.5 cm³/mol. The molecule has 2 rings (SSSR count). The first-order valence-electron chi connectivity index (χ1n) is 6.04. The zero-order chi connectivity index (χ0) is 15.1. The van der Waals surface area contributed by atoms with Crippen molar-refractivity contribution in [2.45, 2.75) is 0 Å². The first kappa shape index (κ1) is 15.0. The Bertz CT molecular complexity index is 617. The van der Waals surface area contributed by atoms with Crippen LogP contribution in [0.2, 0.25) is 0 Å². The number of amides is 2. The number of aromatic nitrogens is 1. The number of ether oxygens (including phenoxy) is 1. The van der Waals surface area contributed by atoms with Crippen LogP contribution >= 0.6 is 15.9 Å². The minimum absolute atomic E-state index is 0.204. The molecule has 2 N–H and O–H groups in total. The molecule has 0 radical (unpaired) electrons. The average molecular weight is 350 g/mol. The van der Waals surface area contributed by atoms with Crippen molar-refractivity contribution >= 4 is 27.7 Å². The van der Waals surface area contributed by atoms with Crippen LogP contribution in [0.3, 0.4) is 0 Å². The molecule has 0 atom stereocenters. The number of hydrazine groups is 1. The molecule has 0 spiro atoms. The van der Waals surface area contributed by atoms with Crippen LogP contribution in [0.1, 0.15) is 10.5 Å². The second-order valence-corrected chi connectivity index (χ2v) is 4.88. The molecule has 0 aliphatic rings. The van der Waals surface area contributed by atoms with Crippen LogP contribution in [0.15, 0.2) is 53.1 Å². The Balaban J connectivity index is 1.75. The minimum Gasteiger partial charge on any atom is -0.484 e. The topological polar surface area (TPSA) is 80.3 Å². The summed E-state index contributed by atoms with van der Waals surface area (Å²) in [6.45, 7) is -0.204. The SMILES string of the molecule is O=C(COc1ccc(Br)cc1)NNC(=O)c1ccccn1. The van der Waals surface area contributed by atoms with E-state index in [0.29, 0.717) is 5.75 Å². The molecular formula is C14H12BrN3O3. The Labute approximate surface area is 129 Å². The highest BCUT2D eigenvalue weighted by Crippen LogP contribution is 2.15. The second kappa shape index (κ2) is 7.39. The van der Waals surface area contributed by atoms with Gasteiger partial charge in [-0.3, -0.25) is 25.4 Å². The van der Waals surface area contributed by atoms with Crippen molar-refractivity contribution in [1.29, 1.82) is 0 Å². The first-order chi connectivity index (χ1) is 10.1. The Morgan fingerprint density at radius 3 is 2.52 bits per heavy atom. The van der Waals surface area contributed by atoms with Gasteiger partial charge >= 0.3 is 0 Å². The molecule has 21 heavy (non-hydrogen) atoms. The zero-order valence-electron chi connectivity index (χ0n) is 10.9. The lowest BCUT2D eigenvalue weighted by atomic mass is 10.3. The largest absolute Gasteiger partial charge is 0.484 e. The maximum absolute atomic E-state index is 11.6. The standard InChI is InChI=1S/C14H12BrN3O3/c15-10-4-6-11(7-5-10)21-9-13(19)17-18-14(20)12-3-1-2-8-16-12/h1-8H,9H2,(H,17,19)(H,18,20). The normalized spacial score (nSPS) is 9.76. The van der Waals surface area contributed by atoms with Gasteiger partial charge in [0.1, 0.15) is 11.4 Å². The number of pyridine rings is 1. The molecule has 1 aromatic heterocycles. The van der Waals surface area contributed by atoms with Crippen LogP contribution < -0.4 is 15.6 Å². The summed E-state index contributed by atoms with van der Waals surface area (Å²) in [6, 6.07) is 12.0. The summed E-state index contributed by atoms with van der Waals surface area (Å²) < 4.78 is 6.18. The van der Waals surface area contributed by atoms with E-state index in [4.69, 9.17) is 4.74 Å². The number of rotatable bonds is 4. The Morgan fingerprint density at radius 2 is 1.86 bits per heavy atom. The third kappa shape index (κ3) is 4.88. The van der Waals surface area contributed by atoms with Gasteiger partial charge in [0.2, 0.25) is 0 Å². The quantitative estimate of drug-likeness (QED) is 0.823. The molecule has 0 bridgehead atoms. The number of hydrogen-bond donors (Lipinski definition) is 2. The summed E-state index contributed by atoms with van der Waals surface area (Å²) in [7, 11) is 0. The van der Waals surface area contributed by atoms with Crippen LogP contribution in [0.5, 0.6) is 5.75 Å². The molecule has 0 saturated heterocycles. The van der Waals surface area contributed by atoms with Crippen LogP contribution in [0.4, 0.5) is 0 Å². The molecular weight excluding hydrogens is 338 g/mol. The van der Waals surface area contributed by atoms with Gasteiger partial charge in [0.05, 0.1) is 0 Å². The van der Waals surface area contributed by atoms with E-state index < -0.39 is 11.8 Å². The van der Waals surface area contributed by atoms with E-state index in [1.807, 2.05) is 0 Å².